The lowest BCUT2D eigenvalue weighted by Crippen LogP contribution is -2.21. The molecule has 88 valence electrons. The standard InChI is InChI=1S/C13H12ClNO2/c1-15(2)13(16)10-6-5-9(8-11(10)14)12-4-3-7-17-12/h3-8H,1-2H3. The molecule has 3 nitrogen and oxygen atoms in total. The molecule has 17 heavy (non-hydrogen) atoms. The Hall–Kier alpha value is -1.74. The molecule has 0 saturated heterocycles. The Bertz CT molecular complexity index is 532. The number of halogens is 1. The average Bonchev–Trinajstić information content (AvgIpc) is 2.81. The first-order chi connectivity index (χ1) is 8.09. The minimum Gasteiger partial charge on any atom is -0.464 e. The molecule has 1 heterocycles. The predicted molar refractivity (Wildman–Crippen MR) is 67.2 cm³/mol. The molecule has 0 atom stereocenters. The van der Waals surface area contributed by atoms with Crippen molar-refractivity contribution in [1.29, 1.82) is 0 Å². The Morgan fingerprint density at radius 1 is 1.29 bits per heavy atom. The van der Waals surface area contributed by atoms with Crippen molar-refractivity contribution >= 4 is 17.5 Å². The largest absolute Gasteiger partial charge is 0.464 e. The number of nitrogens with zero attached hydrogens (tertiary/aromatic N) is 1. The zero-order valence-electron chi connectivity index (χ0n) is 9.61. The van der Waals surface area contributed by atoms with Crippen LogP contribution < -0.4 is 0 Å². The van der Waals surface area contributed by atoms with Crippen LogP contribution in [-0.4, -0.2) is 24.9 Å². The Balaban J connectivity index is 2.39. The van der Waals surface area contributed by atoms with E-state index in [2.05, 4.69) is 0 Å². The molecule has 4 heteroatoms. The summed E-state index contributed by atoms with van der Waals surface area (Å²) >= 11 is 6.10. The van der Waals surface area contributed by atoms with Crippen molar-refractivity contribution in [3.8, 4) is 11.3 Å². The molecule has 0 saturated carbocycles. The minimum atomic E-state index is -0.110. The molecule has 1 amide bonds. The molecular formula is C13H12ClNO2. The summed E-state index contributed by atoms with van der Waals surface area (Å²) in [5, 5.41) is 0.428. The van der Waals surface area contributed by atoms with E-state index in [4.69, 9.17) is 16.0 Å². The number of rotatable bonds is 2. The molecule has 0 unspecified atom stereocenters. The van der Waals surface area contributed by atoms with Crippen LogP contribution in [0.15, 0.2) is 41.0 Å². The van der Waals surface area contributed by atoms with Gasteiger partial charge >= 0.3 is 0 Å². The van der Waals surface area contributed by atoms with E-state index in [-0.39, 0.29) is 5.91 Å². The number of amides is 1. The Labute approximate surface area is 105 Å². The summed E-state index contributed by atoms with van der Waals surface area (Å²) in [4.78, 5) is 13.3. The first-order valence-corrected chi connectivity index (χ1v) is 5.52. The zero-order valence-corrected chi connectivity index (χ0v) is 10.4. The van der Waals surface area contributed by atoms with Gasteiger partial charge in [-0.15, -0.1) is 0 Å². The fraction of sp³-hybridized carbons (Fsp3) is 0.154. The van der Waals surface area contributed by atoms with Crippen LogP contribution in [0.1, 0.15) is 10.4 Å². The molecule has 0 fully saturated rings. The lowest BCUT2D eigenvalue weighted by Gasteiger charge is -2.11. The molecule has 0 N–H and O–H groups in total. The lowest BCUT2D eigenvalue weighted by molar-refractivity contribution is 0.0828. The van der Waals surface area contributed by atoms with Crippen LogP contribution in [0.3, 0.4) is 0 Å². The Morgan fingerprint density at radius 3 is 2.59 bits per heavy atom. The molecule has 2 rings (SSSR count). The molecule has 1 aromatic heterocycles. The quantitative estimate of drug-likeness (QED) is 0.818. The van der Waals surface area contributed by atoms with Crippen molar-refractivity contribution in [2.24, 2.45) is 0 Å². The molecule has 0 aliphatic carbocycles. The fourth-order valence-corrected chi connectivity index (χ4v) is 1.79. The monoisotopic (exact) mass is 249 g/mol. The number of hydrogen-bond acceptors (Lipinski definition) is 2. The highest BCUT2D eigenvalue weighted by molar-refractivity contribution is 6.34. The molecule has 0 radical (unpaired) electrons. The molecule has 0 spiro atoms. The van der Waals surface area contributed by atoms with Crippen molar-refractivity contribution in [3.05, 3.63) is 47.2 Å². The van der Waals surface area contributed by atoms with E-state index in [9.17, 15) is 4.79 Å². The summed E-state index contributed by atoms with van der Waals surface area (Å²) in [6.45, 7) is 0. The molecule has 2 aromatic rings. The van der Waals surface area contributed by atoms with Crippen LogP contribution in [0.25, 0.3) is 11.3 Å². The predicted octanol–water partition coefficient (Wildman–Crippen LogP) is 3.30. The third-order valence-electron chi connectivity index (χ3n) is 2.41. The van der Waals surface area contributed by atoms with E-state index < -0.39 is 0 Å². The second kappa shape index (κ2) is 4.63. The summed E-state index contributed by atoms with van der Waals surface area (Å²) in [6.07, 6.45) is 1.60. The van der Waals surface area contributed by atoms with Gasteiger partial charge in [-0.1, -0.05) is 17.7 Å². The van der Waals surface area contributed by atoms with Gasteiger partial charge in [0.2, 0.25) is 0 Å². The van der Waals surface area contributed by atoms with E-state index in [1.165, 1.54) is 4.90 Å². The van der Waals surface area contributed by atoms with Gasteiger partial charge in [-0.25, -0.2) is 0 Å². The van der Waals surface area contributed by atoms with Crippen molar-refractivity contribution < 1.29 is 9.21 Å². The van der Waals surface area contributed by atoms with Crippen LogP contribution in [0.5, 0.6) is 0 Å². The van der Waals surface area contributed by atoms with Crippen molar-refractivity contribution in [3.63, 3.8) is 0 Å². The maximum Gasteiger partial charge on any atom is 0.254 e. The van der Waals surface area contributed by atoms with Crippen LogP contribution in [-0.2, 0) is 0 Å². The third-order valence-corrected chi connectivity index (χ3v) is 2.72. The maximum absolute atomic E-state index is 11.8. The first-order valence-electron chi connectivity index (χ1n) is 5.14. The Kier molecular flexibility index (Phi) is 3.20. The second-order valence-electron chi connectivity index (χ2n) is 3.87. The van der Waals surface area contributed by atoms with Crippen molar-refractivity contribution in [2.45, 2.75) is 0 Å². The van der Waals surface area contributed by atoms with Gasteiger partial charge in [0.1, 0.15) is 5.76 Å². The van der Waals surface area contributed by atoms with Crippen LogP contribution in [0.4, 0.5) is 0 Å². The normalized spacial score (nSPS) is 10.3. The highest BCUT2D eigenvalue weighted by Gasteiger charge is 2.13. The van der Waals surface area contributed by atoms with Crippen LogP contribution in [0.2, 0.25) is 5.02 Å². The summed E-state index contributed by atoms with van der Waals surface area (Å²) < 4.78 is 5.27. The number of carbonyl (C=O) groups is 1. The first kappa shape index (κ1) is 11.7. The van der Waals surface area contributed by atoms with E-state index in [1.807, 2.05) is 18.2 Å². The molecule has 0 bridgehead atoms. The second-order valence-corrected chi connectivity index (χ2v) is 4.28. The molecular weight excluding hydrogens is 238 g/mol. The summed E-state index contributed by atoms with van der Waals surface area (Å²) in [5.74, 6) is 0.622. The number of hydrogen-bond donors (Lipinski definition) is 0. The van der Waals surface area contributed by atoms with Gasteiger partial charge in [0.15, 0.2) is 0 Å². The van der Waals surface area contributed by atoms with Gasteiger partial charge in [0.25, 0.3) is 5.91 Å². The molecule has 0 aliphatic heterocycles. The molecule has 0 aliphatic rings. The van der Waals surface area contributed by atoms with Crippen molar-refractivity contribution in [1.82, 2.24) is 4.90 Å². The third kappa shape index (κ3) is 2.34. The van der Waals surface area contributed by atoms with Crippen LogP contribution in [0, 0.1) is 0 Å². The highest BCUT2D eigenvalue weighted by atomic mass is 35.5. The van der Waals surface area contributed by atoms with Gasteiger partial charge < -0.3 is 9.32 Å². The van der Waals surface area contributed by atoms with E-state index in [0.29, 0.717) is 10.6 Å². The SMILES string of the molecule is CN(C)C(=O)c1ccc(-c2ccco2)cc1Cl. The summed E-state index contributed by atoms with van der Waals surface area (Å²) in [6, 6.07) is 8.92. The summed E-state index contributed by atoms with van der Waals surface area (Å²) in [5.41, 5.74) is 1.35. The molecule has 1 aromatic carbocycles. The topological polar surface area (TPSA) is 33.5 Å². The van der Waals surface area contributed by atoms with Gasteiger partial charge in [-0.3, -0.25) is 4.79 Å². The van der Waals surface area contributed by atoms with Gasteiger partial charge in [0, 0.05) is 19.7 Å². The number of benzene rings is 1. The summed E-state index contributed by atoms with van der Waals surface area (Å²) in [7, 11) is 3.39. The van der Waals surface area contributed by atoms with E-state index in [0.717, 1.165) is 11.3 Å². The van der Waals surface area contributed by atoms with Gasteiger partial charge in [-0.05, 0) is 24.3 Å². The van der Waals surface area contributed by atoms with Crippen molar-refractivity contribution in [2.75, 3.05) is 14.1 Å². The van der Waals surface area contributed by atoms with Gasteiger partial charge in [-0.2, -0.15) is 0 Å². The van der Waals surface area contributed by atoms with E-state index >= 15 is 0 Å². The zero-order chi connectivity index (χ0) is 12.4. The minimum absolute atomic E-state index is 0.110. The maximum atomic E-state index is 11.8. The number of carbonyl (C=O) groups excluding carboxylic acids is 1. The average molecular weight is 250 g/mol. The Morgan fingerprint density at radius 2 is 2.06 bits per heavy atom. The fourth-order valence-electron chi connectivity index (χ4n) is 1.53. The van der Waals surface area contributed by atoms with Gasteiger partial charge in [0.05, 0.1) is 16.8 Å². The smallest absolute Gasteiger partial charge is 0.254 e. The van der Waals surface area contributed by atoms with Crippen LogP contribution >= 0.6 is 11.6 Å². The number of furan rings is 1. The highest BCUT2D eigenvalue weighted by Crippen LogP contribution is 2.26. The lowest BCUT2D eigenvalue weighted by atomic mass is 10.1. The van der Waals surface area contributed by atoms with E-state index in [1.54, 1.807) is 32.5 Å².